The van der Waals surface area contributed by atoms with Gasteiger partial charge in [0.15, 0.2) is 5.78 Å². The summed E-state index contributed by atoms with van der Waals surface area (Å²) in [6, 6.07) is 0. The van der Waals surface area contributed by atoms with Crippen molar-refractivity contribution in [2.45, 2.75) is 40.0 Å². The molecule has 118 valence electrons. The molecule has 1 saturated heterocycles. The molecule has 1 aliphatic heterocycles. The second-order valence-corrected chi connectivity index (χ2v) is 6.98. The first-order chi connectivity index (χ1) is 9.99. The summed E-state index contributed by atoms with van der Waals surface area (Å²) < 4.78 is 5.32. The lowest BCUT2D eigenvalue weighted by Crippen LogP contribution is -2.37. The van der Waals surface area contributed by atoms with Crippen molar-refractivity contribution in [3.05, 3.63) is 23.8 Å². The van der Waals surface area contributed by atoms with Crippen LogP contribution >= 0.6 is 0 Å². The maximum atomic E-state index is 12.1. The minimum atomic E-state index is 0.246. The Morgan fingerprint density at radius 3 is 2.81 bits per heavy atom. The molecule has 1 fully saturated rings. The van der Waals surface area contributed by atoms with E-state index in [-0.39, 0.29) is 11.2 Å². The fourth-order valence-corrected chi connectivity index (χ4v) is 3.36. The summed E-state index contributed by atoms with van der Waals surface area (Å²) in [6.07, 6.45) is 9.24. The Morgan fingerprint density at radius 1 is 1.43 bits per heavy atom. The van der Waals surface area contributed by atoms with Crippen LogP contribution in [0.2, 0.25) is 0 Å². The lowest BCUT2D eigenvalue weighted by Gasteiger charge is -2.36. The van der Waals surface area contributed by atoms with Gasteiger partial charge in [-0.15, -0.1) is 0 Å². The average molecular weight is 291 g/mol. The molecule has 0 spiro atoms. The smallest absolute Gasteiger partial charge is 0.156 e. The first-order valence-corrected chi connectivity index (χ1v) is 8.17. The minimum absolute atomic E-state index is 0.246. The Balaban J connectivity index is 1.83. The molecule has 1 atom stereocenters. The van der Waals surface area contributed by atoms with E-state index < -0.39 is 0 Å². The van der Waals surface area contributed by atoms with Crippen molar-refractivity contribution in [1.29, 1.82) is 0 Å². The molecule has 0 amide bonds. The number of carbonyl (C=O) groups is 1. The van der Waals surface area contributed by atoms with E-state index in [2.05, 4.69) is 37.8 Å². The van der Waals surface area contributed by atoms with Crippen molar-refractivity contribution < 1.29 is 9.53 Å². The van der Waals surface area contributed by atoms with E-state index in [1.807, 2.05) is 6.08 Å². The van der Waals surface area contributed by atoms with Crippen molar-refractivity contribution in [2.24, 2.45) is 11.3 Å². The molecule has 0 aromatic rings. The summed E-state index contributed by atoms with van der Waals surface area (Å²) in [4.78, 5) is 14.4. The van der Waals surface area contributed by atoms with E-state index in [0.717, 1.165) is 39.3 Å². The van der Waals surface area contributed by atoms with Gasteiger partial charge in [-0.1, -0.05) is 31.6 Å². The first kappa shape index (κ1) is 16.4. The van der Waals surface area contributed by atoms with Crippen LogP contribution in [0.3, 0.4) is 0 Å². The van der Waals surface area contributed by atoms with Crippen LogP contribution in [0.25, 0.3) is 0 Å². The van der Waals surface area contributed by atoms with Gasteiger partial charge in [-0.05, 0) is 31.3 Å². The Bertz CT molecular complexity index is 417. The van der Waals surface area contributed by atoms with Crippen LogP contribution in [0.15, 0.2) is 23.8 Å². The topological polar surface area (TPSA) is 29.5 Å². The van der Waals surface area contributed by atoms with Gasteiger partial charge >= 0.3 is 0 Å². The van der Waals surface area contributed by atoms with Gasteiger partial charge in [0.2, 0.25) is 0 Å². The molecule has 0 saturated carbocycles. The maximum absolute atomic E-state index is 12.1. The quantitative estimate of drug-likeness (QED) is 0.575. The van der Waals surface area contributed by atoms with E-state index >= 15 is 0 Å². The van der Waals surface area contributed by atoms with Gasteiger partial charge in [-0.2, -0.15) is 0 Å². The van der Waals surface area contributed by atoms with Gasteiger partial charge in [-0.25, -0.2) is 0 Å². The third-order valence-electron chi connectivity index (χ3n) is 4.84. The Kier molecular flexibility index (Phi) is 5.77. The standard InChI is InChI=1S/C18H29NO2/c1-15-5-4-9-18(2,3)17(15)7-6-16(20)8-10-19-11-13-21-14-12-19/h5-7,17H,4,8-14H2,1-3H3/b7-6+/t17-/m0/s1. The second kappa shape index (κ2) is 7.37. The predicted molar refractivity (Wildman–Crippen MR) is 86.3 cm³/mol. The van der Waals surface area contributed by atoms with Crippen LogP contribution < -0.4 is 0 Å². The zero-order valence-electron chi connectivity index (χ0n) is 13.7. The van der Waals surface area contributed by atoms with Gasteiger partial charge in [-0.3, -0.25) is 9.69 Å². The van der Waals surface area contributed by atoms with Crippen LogP contribution in [-0.2, 0) is 9.53 Å². The molecule has 0 radical (unpaired) electrons. The van der Waals surface area contributed by atoms with Gasteiger partial charge < -0.3 is 4.74 Å². The van der Waals surface area contributed by atoms with E-state index in [1.165, 1.54) is 12.0 Å². The van der Waals surface area contributed by atoms with Crippen LogP contribution in [0.5, 0.6) is 0 Å². The Morgan fingerprint density at radius 2 is 2.14 bits per heavy atom. The third-order valence-corrected chi connectivity index (χ3v) is 4.84. The van der Waals surface area contributed by atoms with E-state index in [9.17, 15) is 4.79 Å². The third kappa shape index (κ3) is 4.79. The Labute approximate surface area is 129 Å². The summed E-state index contributed by atoms with van der Waals surface area (Å²) in [7, 11) is 0. The number of ether oxygens (including phenoxy) is 1. The molecule has 3 heteroatoms. The molecule has 0 N–H and O–H groups in total. The van der Waals surface area contributed by atoms with Gasteiger partial charge in [0.1, 0.15) is 0 Å². The number of carbonyl (C=O) groups excluding carboxylic acids is 1. The predicted octanol–water partition coefficient (Wildman–Crippen LogP) is 3.22. The largest absolute Gasteiger partial charge is 0.379 e. The molecule has 1 heterocycles. The molecule has 2 rings (SSSR count). The summed E-state index contributed by atoms with van der Waals surface area (Å²) in [5.74, 6) is 0.647. The summed E-state index contributed by atoms with van der Waals surface area (Å²) >= 11 is 0. The van der Waals surface area contributed by atoms with Crippen molar-refractivity contribution in [3.8, 4) is 0 Å². The molecular weight excluding hydrogens is 262 g/mol. The average Bonchev–Trinajstić information content (AvgIpc) is 2.45. The number of rotatable bonds is 5. The molecule has 2 aliphatic rings. The van der Waals surface area contributed by atoms with E-state index in [4.69, 9.17) is 4.74 Å². The minimum Gasteiger partial charge on any atom is -0.379 e. The highest BCUT2D eigenvalue weighted by Crippen LogP contribution is 2.41. The number of nitrogens with zero attached hydrogens (tertiary/aromatic N) is 1. The normalized spacial score (nSPS) is 26.8. The highest BCUT2D eigenvalue weighted by atomic mass is 16.5. The maximum Gasteiger partial charge on any atom is 0.156 e. The molecule has 0 bridgehead atoms. The van der Waals surface area contributed by atoms with Gasteiger partial charge in [0.25, 0.3) is 0 Å². The van der Waals surface area contributed by atoms with Crippen LogP contribution in [0.1, 0.15) is 40.0 Å². The summed E-state index contributed by atoms with van der Waals surface area (Å²) in [5.41, 5.74) is 1.67. The molecule has 0 unspecified atom stereocenters. The van der Waals surface area contributed by atoms with Crippen molar-refractivity contribution >= 4 is 5.78 Å². The summed E-state index contributed by atoms with van der Waals surface area (Å²) in [6.45, 7) is 11.1. The molecule has 0 aromatic heterocycles. The molecule has 1 aliphatic carbocycles. The monoisotopic (exact) mass is 291 g/mol. The van der Waals surface area contributed by atoms with Gasteiger partial charge in [0, 0.05) is 32.0 Å². The zero-order chi connectivity index (χ0) is 15.3. The SMILES string of the molecule is CC1=CCCC(C)(C)[C@H]1/C=C/C(=O)CCN1CCOCC1. The summed E-state index contributed by atoms with van der Waals surface area (Å²) in [5, 5.41) is 0. The Hall–Kier alpha value is -0.930. The molecule has 3 nitrogen and oxygen atoms in total. The molecule has 0 aromatic carbocycles. The number of hydrogen-bond acceptors (Lipinski definition) is 3. The highest BCUT2D eigenvalue weighted by molar-refractivity contribution is 5.89. The number of ketones is 1. The van der Waals surface area contributed by atoms with E-state index in [1.54, 1.807) is 0 Å². The lowest BCUT2D eigenvalue weighted by molar-refractivity contribution is -0.115. The van der Waals surface area contributed by atoms with Gasteiger partial charge in [0.05, 0.1) is 13.2 Å². The van der Waals surface area contributed by atoms with E-state index in [0.29, 0.717) is 12.3 Å². The van der Waals surface area contributed by atoms with Crippen LogP contribution in [0, 0.1) is 11.3 Å². The second-order valence-electron chi connectivity index (χ2n) is 6.98. The lowest BCUT2D eigenvalue weighted by atomic mass is 9.68. The fraction of sp³-hybridized carbons (Fsp3) is 0.722. The van der Waals surface area contributed by atoms with Crippen molar-refractivity contribution in [1.82, 2.24) is 4.90 Å². The molecule has 21 heavy (non-hydrogen) atoms. The molecular formula is C18H29NO2. The first-order valence-electron chi connectivity index (χ1n) is 8.17. The number of hydrogen-bond donors (Lipinski definition) is 0. The number of morpholine rings is 1. The van der Waals surface area contributed by atoms with Crippen molar-refractivity contribution in [3.63, 3.8) is 0 Å². The van der Waals surface area contributed by atoms with Crippen LogP contribution in [-0.4, -0.2) is 43.5 Å². The van der Waals surface area contributed by atoms with Crippen LogP contribution in [0.4, 0.5) is 0 Å². The fourth-order valence-electron chi connectivity index (χ4n) is 3.36. The highest BCUT2D eigenvalue weighted by Gasteiger charge is 2.30. The number of allylic oxidation sites excluding steroid dienone is 4. The zero-order valence-corrected chi connectivity index (χ0v) is 13.7. The van der Waals surface area contributed by atoms with Crippen molar-refractivity contribution in [2.75, 3.05) is 32.8 Å².